The van der Waals surface area contributed by atoms with Crippen molar-refractivity contribution in [3.8, 4) is 17.3 Å². The summed E-state index contributed by atoms with van der Waals surface area (Å²) in [6.07, 6.45) is 0. The summed E-state index contributed by atoms with van der Waals surface area (Å²) in [5.41, 5.74) is 5.12. The van der Waals surface area contributed by atoms with Gasteiger partial charge in [-0.1, -0.05) is 78.1 Å². The van der Waals surface area contributed by atoms with E-state index in [0.29, 0.717) is 22.1 Å². The van der Waals surface area contributed by atoms with Crippen LogP contribution in [0.3, 0.4) is 0 Å². The molecule has 0 aliphatic rings. The Bertz CT molecular complexity index is 1330. The molecule has 0 spiro atoms. The second-order valence-corrected chi connectivity index (χ2v) is 7.56. The SMILES string of the molecule is N#C/C(=N/Nc1ccccc1)C(=O)Nc1nc(-c2ccccc2)c(N=Nc2ccccc2)s1. The number of nitrogens with zero attached hydrogens (tertiary/aromatic N) is 5. The Morgan fingerprint density at radius 3 is 2.18 bits per heavy atom. The average molecular weight is 452 g/mol. The maximum Gasteiger partial charge on any atom is 0.288 e. The zero-order valence-electron chi connectivity index (χ0n) is 17.2. The molecule has 0 saturated heterocycles. The van der Waals surface area contributed by atoms with Crippen LogP contribution in [-0.4, -0.2) is 16.6 Å². The predicted molar refractivity (Wildman–Crippen MR) is 130 cm³/mol. The second-order valence-electron chi connectivity index (χ2n) is 6.58. The van der Waals surface area contributed by atoms with Crippen molar-refractivity contribution in [2.75, 3.05) is 10.7 Å². The Balaban J connectivity index is 1.58. The fourth-order valence-corrected chi connectivity index (χ4v) is 3.54. The number of aromatic nitrogens is 1. The van der Waals surface area contributed by atoms with E-state index in [1.807, 2.05) is 78.9 Å². The summed E-state index contributed by atoms with van der Waals surface area (Å²) in [5, 5.41) is 25.3. The van der Waals surface area contributed by atoms with E-state index in [1.165, 1.54) is 0 Å². The summed E-state index contributed by atoms with van der Waals surface area (Å²) in [7, 11) is 0. The molecule has 0 saturated carbocycles. The van der Waals surface area contributed by atoms with E-state index in [-0.39, 0.29) is 10.8 Å². The van der Waals surface area contributed by atoms with Gasteiger partial charge in [0.1, 0.15) is 11.8 Å². The molecule has 1 aromatic heterocycles. The van der Waals surface area contributed by atoms with Gasteiger partial charge in [-0.05, 0) is 24.3 Å². The highest BCUT2D eigenvalue weighted by Crippen LogP contribution is 2.39. The third-order valence-electron chi connectivity index (χ3n) is 4.28. The van der Waals surface area contributed by atoms with E-state index in [1.54, 1.807) is 18.2 Å². The molecular formula is C24H17N7OS. The van der Waals surface area contributed by atoms with Crippen LogP contribution < -0.4 is 10.7 Å². The highest BCUT2D eigenvalue weighted by molar-refractivity contribution is 7.20. The van der Waals surface area contributed by atoms with Crippen molar-refractivity contribution in [1.29, 1.82) is 5.26 Å². The number of benzene rings is 3. The fourth-order valence-electron chi connectivity index (χ4n) is 2.73. The highest BCUT2D eigenvalue weighted by atomic mass is 32.1. The van der Waals surface area contributed by atoms with Gasteiger partial charge in [-0.15, -0.1) is 10.2 Å². The number of nitriles is 1. The number of hydrazone groups is 1. The summed E-state index contributed by atoms with van der Waals surface area (Å²) in [6, 6.07) is 29.6. The van der Waals surface area contributed by atoms with Gasteiger partial charge in [0.2, 0.25) is 5.71 Å². The van der Waals surface area contributed by atoms with Gasteiger partial charge in [0.25, 0.3) is 5.91 Å². The lowest BCUT2D eigenvalue weighted by molar-refractivity contribution is -0.110. The molecular weight excluding hydrogens is 434 g/mol. The lowest BCUT2D eigenvalue weighted by Crippen LogP contribution is -2.22. The van der Waals surface area contributed by atoms with Crippen LogP contribution in [0.15, 0.2) is 106 Å². The molecule has 0 radical (unpaired) electrons. The smallest absolute Gasteiger partial charge is 0.288 e. The number of thiazole rings is 1. The fraction of sp³-hybridized carbons (Fsp3) is 0. The average Bonchev–Trinajstić information content (AvgIpc) is 3.27. The van der Waals surface area contributed by atoms with E-state index in [0.717, 1.165) is 16.9 Å². The minimum absolute atomic E-state index is 0.281. The second kappa shape index (κ2) is 10.6. The zero-order valence-corrected chi connectivity index (χ0v) is 18.0. The van der Waals surface area contributed by atoms with Gasteiger partial charge in [-0.3, -0.25) is 15.5 Å². The Morgan fingerprint density at radius 1 is 0.879 bits per heavy atom. The lowest BCUT2D eigenvalue weighted by atomic mass is 10.2. The molecule has 2 N–H and O–H groups in total. The van der Waals surface area contributed by atoms with E-state index in [9.17, 15) is 10.1 Å². The number of azo groups is 1. The molecule has 9 heteroatoms. The number of anilines is 2. The minimum Gasteiger partial charge on any atom is -0.296 e. The monoisotopic (exact) mass is 451 g/mol. The van der Waals surface area contributed by atoms with Crippen molar-refractivity contribution < 1.29 is 4.79 Å². The number of amides is 1. The summed E-state index contributed by atoms with van der Waals surface area (Å²) in [4.78, 5) is 17.1. The summed E-state index contributed by atoms with van der Waals surface area (Å²) >= 11 is 1.16. The molecule has 0 bridgehead atoms. The number of carbonyl (C=O) groups is 1. The van der Waals surface area contributed by atoms with Crippen LogP contribution in [0.25, 0.3) is 11.3 Å². The third kappa shape index (κ3) is 5.72. The van der Waals surface area contributed by atoms with Crippen molar-refractivity contribution in [1.82, 2.24) is 4.98 Å². The Labute approximate surface area is 194 Å². The molecule has 0 unspecified atom stereocenters. The number of para-hydroxylation sites is 1. The molecule has 0 aliphatic carbocycles. The highest BCUT2D eigenvalue weighted by Gasteiger charge is 2.18. The maximum absolute atomic E-state index is 12.6. The number of rotatable bonds is 7. The maximum atomic E-state index is 12.6. The van der Waals surface area contributed by atoms with Gasteiger partial charge in [0.15, 0.2) is 10.1 Å². The summed E-state index contributed by atoms with van der Waals surface area (Å²) in [5.74, 6) is -0.680. The standard InChI is InChI=1S/C24H17N7OS/c25-16-20(30-28-18-12-6-2-7-13-18)22(32)27-24-26-21(17-10-4-1-5-11-17)23(33-24)31-29-19-14-8-3-9-15-19/h1-15,28H,(H,26,27,32)/b30-20-,31-29?. The van der Waals surface area contributed by atoms with Crippen molar-refractivity contribution in [2.45, 2.75) is 0 Å². The molecule has 4 aromatic rings. The van der Waals surface area contributed by atoms with Crippen LogP contribution in [0.1, 0.15) is 0 Å². The molecule has 1 amide bonds. The van der Waals surface area contributed by atoms with Crippen LogP contribution in [0.5, 0.6) is 0 Å². The summed E-state index contributed by atoms with van der Waals surface area (Å²) in [6.45, 7) is 0. The largest absolute Gasteiger partial charge is 0.296 e. The van der Waals surface area contributed by atoms with Gasteiger partial charge in [-0.2, -0.15) is 10.4 Å². The molecule has 8 nitrogen and oxygen atoms in total. The molecule has 33 heavy (non-hydrogen) atoms. The zero-order chi connectivity index (χ0) is 22.9. The van der Waals surface area contributed by atoms with Gasteiger partial charge in [0, 0.05) is 5.56 Å². The van der Waals surface area contributed by atoms with Crippen molar-refractivity contribution in [2.24, 2.45) is 15.3 Å². The number of hydrogen-bond donors (Lipinski definition) is 2. The normalized spacial score (nSPS) is 11.2. The van der Waals surface area contributed by atoms with Gasteiger partial charge in [0.05, 0.1) is 11.4 Å². The first-order valence-corrected chi connectivity index (χ1v) is 10.7. The molecule has 3 aromatic carbocycles. The quantitative estimate of drug-likeness (QED) is 0.199. The van der Waals surface area contributed by atoms with Gasteiger partial charge in [-0.25, -0.2) is 4.98 Å². The van der Waals surface area contributed by atoms with Gasteiger partial charge >= 0.3 is 0 Å². The van der Waals surface area contributed by atoms with Crippen LogP contribution in [0, 0.1) is 11.3 Å². The van der Waals surface area contributed by atoms with Crippen LogP contribution in [0.2, 0.25) is 0 Å². The van der Waals surface area contributed by atoms with Crippen LogP contribution in [-0.2, 0) is 4.79 Å². The van der Waals surface area contributed by atoms with Gasteiger partial charge < -0.3 is 0 Å². The van der Waals surface area contributed by atoms with E-state index in [2.05, 4.69) is 31.1 Å². The number of carbonyl (C=O) groups excluding carboxylic acids is 1. The molecule has 160 valence electrons. The van der Waals surface area contributed by atoms with Crippen molar-refractivity contribution in [3.05, 3.63) is 91.0 Å². The van der Waals surface area contributed by atoms with E-state index >= 15 is 0 Å². The topological polar surface area (TPSA) is 115 Å². The van der Waals surface area contributed by atoms with Crippen LogP contribution in [0.4, 0.5) is 21.5 Å². The first-order valence-electron chi connectivity index (χ1n) is 9.86. The molecule has 1 heterocycles. The van der Waals surface area contributed by atoms with Crippen molar-refractivity contribution >= 4 is 44.5 Å². The summed E-state index contributed by atoms with van der Waals surface area (Å²) < 4.78 is 0. The molecule has 0 fully saturated rings. The Morgan fingerprint density at radius 2 is 1.52 bits per heavy atom. The predicted octanol–water partition coefficient (Wildman–Crippen LogP) is 6.16. The first-order chi connectivity index (χ1) is 16.2. The number of nitrogens with one attached hydrogen (secondary N) is 2. The van der Waals surface area contributed by atoms with Crippen molar-refractivity contribution in [3.63, 3.8) is 0 Å². The lowest BCUT2D eigenvalue weighted by Gasteiger charge is -2.01. The molecule has 0 aliphatic heterocycles. The van der Waals surface area contributed by atoms with E-state index < -0.39 is 5.91 Å². The molecule has 4 rings (SSSR count). The number of hydrogen-bond acceptors (Lipinski definition) is 8. The van der Waals surface area contributed by atoms with E-state index in [4.69, 9.17) is 0 Å². The third-order valence-corrected chi connectivity index (χ3v) is 5.14. The Kier molecular flexibility index (Phi) is 6.90. The molecule has 0 atom stereocenters. The Hall–Kier alpha value is -4.68. The first kappa shape index (κ1) is 21.5. The van der Waals surface area contributed by atoms with Crippen LogP contribution >= 0.6 is 11.3 Å². The minimum atomic E-state index is -0.680.